The predicted molar refractivity (Wildman–Crippen MR) is 188 cm³/mol. The highest BCUT2D eigenvalue weighted by Gasteiger charge is 2.35. The van der Waals surface area contributed by atoms with Crippen LogP contribution in [0.5, 0.6) is 6.01 Å². The Morgan fingerprint density at radius 3 is 2.52 bits per heavy atom. The summed E-state index contributed by atoms with van der Waals surface area (Å²) < 4.78 is 47.5. The van der Waals surface area contributed by atoms with Crippen molar-refractivity contribution in [1.29, 1.82) is 5.26 Å². The highest BCUT2D eigenvalue weighted by Crippen LogP contribution is 2.38. The Hall–Kier alpha value is -3.38. The predicted octanol–water partition coefficient (Wildman–Crippen LogP) is 10.3. The van der Waals surface area contributed by atoms with Gasteiger partial charge in [0.1, 0.15) is 5.82 Å². The van der Waals surface area contributed by atoms with Crippen molar-refractivity contribution in [3.63, 3.8) is 0 Å². The van der Waals surface area contributed by atoms with Gasteiger partial charge in [0.25, 0.3) is 0 Å². The number of anilines is 1. The summed E-state index contributed by atoms with van der Waals surface area (Å²) in [7, 11) is 0. The second-order valence-corrected chi connectivity index (χ2v) is 12.9. The van der Waals surface area contributed by atoms with Crippen molar-refractivity contribution < 1.29 is 22.7 Å². The molecule has 0 unspecified atom stereocenters. The van der Waals surface area contributed by atoms with Crippen molar-refractivity contribution in [3.8, 4) is 12.1 Å². The zero-order chi connectivity index (χ0) is 35.5. The number of carbonyl (C=O) groups is 1. The summed E-state index contributed by atoms with van der Waals surface area (Å²) in [5.41, 5.74) is 1.19. The molecule has 0 radical (unpaired) electrons. The number of benzene rings is 1. The molecule has 0 amide bonds. The largest absolute Gasteiger partial charge is 0.463 e. The number of nitriles is 1. The summed E-state index contributed by atoms with van der Waals surface area (Å²) >= 11 is 5.96. The minimum absolute atomic E-state index is 0.00313. The first kappa shape index (κ1) is 40.8. The summed E-state index contributed by atoms with van der Waals surface area (Å²) in [6, 6.07) is 6.87. The summed E-state index contributed by atoms with van der Waals surface area (Å²) in [5.74, 6) is 1.07. The van der Waals surface area contributed by atoms with Gasteiger partial charge in [-0.25, -0.2) is 0 Å². The average Bonchev–Trinajstić information content (AvgIpc) is 3.05. The monoisotopic (exact) mass is 688 g/mol. The van der Waals surface area contributed by atoms with Gasteiger partial charge in [0.15, 0.2) is 5.78 Å². The standard InChI is InChI=1S/C38H52ClF3N4O2/c1-6-10-17-29(16-7-2)27-48-37-44-34(9-4)32(21-12-11-18-30-19-15-22-33(39)35(30)38(40,41)42)36(45-37)46(26-28(5)23-24-43)25-14-13-20-31(47)8-3/h7-8,15,19,22,28-29H,2-3,6,9-14,16-18,20-21,23,25-27H2,1,4-5H3/t28-,29+/m0/s1. The van der Waals surface area contributed by atoms with Gasteiger partial charge in [-0.3, -0.25) is 4.79 Å². The highest BCUT2D eigenvalue weighted by atomic mass is 35.5. The van der Waals surface area contributed by atoms with E-state index in [2.05, 4.69) is 31.1 Å². The van der Waals surface area contributed by atoms with Crippen LogP contribution in [0.25, 0.3) is 0 Å². The molecule has 1 heterocycles. The molecule has 48 heavy (non-hydrogen) atoms. The molecule has 0 N–H and O–H groups in total. The van der Waals surface area contributed by atoms with Crippen LogP contribution in [-0.4, -0.2) is 35.4 Å². The lowest BCUT2D eigenvalue weighted by molar-refractivity contribution is -0.138. The van der Waals surface area contributed by atoms with Gasteiger partial charge < -0.3 is 9.64 Å². The van der Waals surface area contributed by atoms with E-state index in [9.17, 15) is 23.2 Å². The van der Waals surface area contributed by atoms with E-state index >= 15 is 0 Å². The van der Waals surface area contributed by atoms with E-state index in [1.807, 2.05) is 19.9 Å². The van der Waals surface area contributed by atoms with Gasteiger partial charge in [-0.2, -0.15) is 28.4 Å². The Labute approximate surface area is 290 Å². The number of allylic oxidation sites excluding steroid dienone is 2. The molecule has 0 aliphatic carbocycles. The number of alkyl halides is 3. The van der Waals surface area contributed by atoms with E-state index in [4.69, 9.17) is 26.3 Å². The van der Waals surface area contributed by atoms with Crippen molar-refractivity contribution >= 4 is 23.2 Å². The first-order valence-electron chi connectivity index (χ1n) is 17.2. The smallest absolute Gasteiger partial charge is 0.418 e. The third-order valence-corrected chi connectivity index (χ3v) is 8.72. The maximum absolute atomic E-state index is 13.8. The van der Waals surface area contributed by atoms with Crippen LogP contribution in [0.3, 0.4) is 0 Å². The Kier molecular flexibility index (Phi) is 18.3. The number of halogens is 4. The van der Waals surface area contributed by atoms with Gasteiger partial charge in [-0.15, -0.1) is 6.58 Å². The molecule has 10 heteroatoms. The Morgan fingerprint density at radius 2 is 1.88 bits per heavy atom. The molecule has 1 aromatic heterocycles. The zero-order valence-corrected chi connectivity index (χ0v) is 29.6. The number of rotatable bonds is 24. The summed E-state index contributed by atoms with van der Waals surface area (Å²) in [5, 5.41) is 9.12. The van der Waals surface area contributed by atoms with E-state index in [1.54, 1.807) is 6.07 Å². The Balaban J connectivity index is 2.44. The number of aryl methyl sites for hydroxylation is 2. The number of ether oxygens (including phenoxy) is 1. The summed E-state index contributed by atoms with van der Waals surface area (Å²) in [6.45, 7) is 15.3. The fourth-order valence-corrected chi connectivity index (χ4v) is 6.16. The Morgan fingerprint density at radius 1 is 1.12 bits per heavy atom. The molecular formula is C38H52ClF3N4O2. The summed E-state index contributed by atoms with van der Waals surface area (Å²) in [6.07, 6.45) is 7.47. The number of ketones is 1. The molecule has 1 aromatic carbocycles. The number of aromatic nitrogens is 2. The van der Waals surface area contributed by atoms with Gasteiger partial charge in [0, 0.05) is 31.5 Å². The number of hydrogen-bond acceptors (Lipinski definition) is 6. The number of unbranched alkanes of at least 4 members (excludes halogenated alkanes) is 3. The van der Waals surface area contributed by atoms with Crippen LogP contribution in [0.4, 0.5) is 19.0 Å². The first-order chi connectivity index (χ1) is 23.0. The number of carbonyl (C=O) groups excluding carboxylic acids is 1. The maximum Gasteiger partial charge on any atom is 0.418 e. The van der Waals surface area contributed by atoms with E-state index in [-0.39, 0.29) is 28.7 Å². The molecule has 0 saturated heterocycles. The third-order valence-electron chi connectivity index (χ3n) is 8.41. The molecule has 0 bridgehead atoms. The second kappa shape index (κ2) is 21.6. The van der Waals surface area contributed by atoms with Crippen molar-refractivity contribution in [2.75, 3.05) is 24.6 Å². The van der Waals surface area contributed by atoms with Crippen LogP contribution in [-0.2, 0) is 30.2 Å². The van der Waals surface area contributed by atoms with Crippen molar-refractivity contribution in [2.24, 2.45) is 11.8 Å². The number of hydrogen-bond donors (Lipinski definition) is 0. The number of nitrogens with zero attached hydrogens (tertiary/aromatic N) is 4. The molecule has 0 aliphatic rings. The molecular weight excluding hydrogens is 637 g/mol. The second-order valence-electron chi connectivity index (χ2n) is 12.5. The quantitative estimate of drug-likeness (QED) is 0.0620. The topological polar surface area (TPSA) is 79.1 Å². The van der Waals surface area contributed by atoms with Crippen LogP contribution in [0.2, 0.25) is 5.02 Å². The fraction of sp³-hybridized carbons (Fsp3) is 0.579. The van der Waals surface area contributed by atoms with E-state index in [0.717, 1.165) is 49.2 Å². The van der Waals surface area contributed by atoms with Gasteiger partial charge >= 0.3 is 12.2 Å². The van der Waals surface area contributed by atoms with Gasteiger partial charge in [0.05, 0.1) is 29.0 Å². The SMILES string of the molecule is C=CC[C@H](CCCC)COc1nc(CC)c(CCCCc2cccc(Cl)c2C(F)(F)F)c(N(CCCCC(=O)C=C)C[C@@H](C)CC#N)n1. The molecule has 2 atom stereocenters. The van der Waals surface area contributed by atoms with E-state index < -0.39 is 11.7 Å². The van der Waals surface area contributed by atoms with Crippen LogP contribution in [0.1, 0.15) is 107 Å². The van der Waals surface area contributed by atoms with Crippen molar-refractivity contribution in [3.05, 3.63) is 70.9 Å². The molecule has 2 aromatic rings. The first-order valence-corrected chi connectivity index (χ1v) is 17.6. The van der Waals surface area contributed by atoms with Crippen molar-refractivity contribution in [2.45, 2.75) is 110 Å². The lowest BCUT2D eigenvalue weighted by Crippen LogP contribution is -2.32. The molecule has 0 fully saturated rings. The van der Waals surface area contributed by atoms with Gasteiger partial charge in [-0.05, 0) is 87.3 Å². The molecule has 2 rings (SSSR count). The summed E-state index contributed by atoms with van der Waals surface area (Å²) in [4.78, 5) is 23.8. The minimum Gasteiger partial charge on any atom is -0.463 e. The normalized spacial score (nSPS) is 12.6. The Bertz CT molecular complexity index is 1360. The van der Waals surface area contributed by atoms with Crippen LogP contribution >= 0.6 is 11.6 Å². The van der Waals surface area contributed by atoms with E-state index in [0.29, 0.717) is 76.6 Å². The highest BCUT2D eigenvalue weighted by molar-refractivity contribution is 6.31. The van der Waals surface area contributed by atoms with E-state index in [1.165, 1.54) is 18.2 Å². The van der Waals surface area contributed by atoms with Crippen LogP contribution in [0, 0.1) is 23.2 Å². The molecule has 0 spiro atoms. The lowest BCUT2D eigenvalue weighted by Gasteiger charge is -2.29. The van der Waals surface area contributed by atoms with Crippen LogP contribution < -0.4 is 9.64 Å². The van der Waals surface area contributed by atoms with Gasteiger partial charge in [-0.1, -0.05) is 70.0 Å². The average molecular weight is 689 g/mol. The van der Waals surface area contributed by atoms with Crippen molar-refractivity contribution in [1.82, 2.24) is 9.97 Å². The molecule has 6 nitrogen and oxygen atoms in total. The van der Waals surface area contributed by atoms with Gasteiger partial charge in [0.2, 0.25) is 0 Å². The third kappa shape index (κ3) is 13.6. The molecule has 264 valence electrons. The molecule has 0 aliphatic heterocycles. The lowest BCUT2D eigenvalue weighted by atomic mass is 9.98. The zero-order valence-electron chi connectivity index (χ0n) is 28.9. The maximum atomic E-state index is 13.8. The minimum atomic E-state index is -4.53. The van der Waals surface area contributed by atoms with Crippen LogP contribution in [0.15, 0.2) is 43.5 Å². The fourth-order valence-electron chi connectivity index (χ4n) is 5.86. The molecule has 0 saturated carbocycles.